The minimum Gasteiger partial charge on any atom is -0.459 e. The average Bonchev–Trinajstić information content (AvgIpc) is 2.60. The van der Waals surface area contributed by atoms with E-state index in [0.717, 1.165) is 22.3 Å². The molecule has 0 aliphatic carbocycles. The fourth-order valence-electron chi connectivity index (χ4n) is 1.48. The van der Waals surface area contributed by atoms with Crippen LogP contribution in [-0.2, 0) is 11.3 Å². The molecule has 15 heavy (non-hydrogen) atoms. The first-order chi connectivity index (χ1) is 7.33. The monoisotopic (exact) mass is 205 g/mol. The lowest BCUT2D eigenvalue weighted by Crippen LogP contribution is -1.81. The van der Waals surface area contributed by atoms with Gasteiger partial charge in [-0.1, -0.05) is 5.16 Å². The van der Waals surface area contributed by atoms with Gasteiger partial charge < -0.3 is 14.4 Å². The van der Waals surface area contributed by atoms with E-state index in [1.807, 2.05) is 24.3 Å². The molecule has 0 amide bonds. The summed E-state index contributed by atoms with van der Waals surface area (Å²) >= 11 is 0. The van der Waals surface area contributed by atoms with Crippen LogP contribution in [0.25, 0.3) is 11.0 Å². The summed E-state index contributed by atoms with van der Waals surface area (Å²) in [7, 11) is 1.62. The van der Waals surface area contributed by atoms with Gasteiger partial charge in [-0.05, 0) is 29.8 Å². The standard InChI is InChI=1S/C11H11NO3/c1-14-7-10-5-9-4-8(6-12-13)2-3-11(9)15-10/h2-6,13H,7H2,1H3. The summed E-state index contributed by atoms with van der Waals surface area (Å²) in [6.45, 7) is 0.456. The Morgan fingerprint density at radius 2 is 2.33 bits per heavy atom. The number of hydrogen-bond donors (Lipinski definition) is 1. The summed E-state index contributed by atoms with van der Waals surface area (Å²) in [6, 6.07) is 7.46. The second-order valence-corrected chi connectivity index (χ2v) is 3.19. The molecular weight excluding hydrogens is 194 g/mol. The Balaban J connectivity index is 2.42. The van der Waals surface area contributed by atoms with Gasteiger partial charge in [0.1, 0.15) is 18.0 Å². The highest BCUT2D eigenvalue weighted by Crippen LogP contribution is 2.20. The van der Waals surface area contributed by atoms with Crippen LogP contribution in [0.2, 0.25) is 0 Å². The molecule has 0 radical (unpaired) electrons. The minimum atomic E-state index is 0.456. The molecule has 1 N–H and O–H groups in total. The van der Waals surface area contributed by atoms with E-state index < -0.39 is 0 Å². The molecule has 1 heterocycles. The summed E-state index contributed by atoms with van der Waals surface area (Å²) in [5.41, 5.74) is 1.63. The van der Waals surface area contributed by atoms with Gasteiger partial charge in [-0.2, -0.15) is 0 Å². The van der Waals surface area contributed by atoms with Crippen LogP contribution in [0.4, 0.5) is 0 Å². The highest BCUT2D eigenvalue weighted by Gasteiger charge is 2.03. The van der Waals surface area contributed by atoms with E-state index >= 15 is 0 Å². The normalized spacial score (nSPS) is 11.5. The van der Waals surface area contributed by atoms with Crippen molar-refractivity contribution in [3.8, 4) is 0 Å². The number of hydrogen-bond acceptors (Lipinski definition) is 4. The maximum absolute atomic E-state index is 8.41. The van der Waals surface area contributed by atoms with Gasteiger partial charge in [0.05, 0.1) is 6.21 Å². The molecule has 0 atom stereocenters. The quantitative estimate of drug-likeness (QED) is 0.475. The highest BCUT2D eigenvalue weighted by atomic mass is 16.5. The summed E-state index contributed by atoms with van der Waals surface area (Å²) in [5, 5.41) is 12.4. The van der Waals surface area contributed by atoms with Gasteiger partial charge in [0, 0.05) is 12.5 Å². The smallest absolute Gasteiger partial charge is 0.134 e. The van der Waals surface area contributed by atoms with Gasteiger partial charge in [-0.25, -0.2) is 0 Å². The predicted molar refractivity (Wildman–Crippen MR) is 56.3 cm³/mol. The molecule has 0 aliphatic heterocycles. The molecule has 0 saturated carbocycles. The van der Waals surface area contributed by atoms with E-state index in [-0.39, 0.29) is 0 Å². The first kappa shape index (κ1) is 9.73. The predicted octanol–water partition coefficient (Wildman–Crippen LogP) is 2.39. The number of rotatable bonds is 3. The molecule has 0 unspecified atom stereocenters. The van der Waals surface area contributed by atoms with E-state index in [0.29, 0.717) is 6.61 Å². The van der Waals surface area contributed by atoms with Gasteiger partial charge >= 0.3 is 0 Å². The number of ether oxygens (including phenoxy) is 1. The molecule has 0 saturated heterocycles. The van der Waals surface area contributed by atoms with Crippen molar-refractivity contribution in [3.63, 3.8) is 0 Å². The maximum Gasteiger partial charge on any atom is 0.134 e. The van der Waals surface area contributed by atoms with Gasteiger partial charge in [-0.15, -0.1) is 0 Å². The molecule has 78 valence electrons. The number of nitrogens with zero attached hydrogens (tertiary/aromatic N) is 1. The largest absolute Gasteiger partial charge is 0.459 e. The molecule has 0 aliphatic rings. The Bertz CT molecular complexity index is 488. The van der Waals surface area contributed by atoms with Gasteiger partial charge in [0.15, 0.2) is 0 Å². The van der Waals surface area contributed by atoms with Crippen LogP contribution in [0, 0.1) is 0 Å². The Morgan fingerprint density at radius 1 is 1.47 bits per heavy atom. The summed E-state index contributed by atoms with van der Waals surface area (Å²) in [6.07, 6.45) is 1.38. The lowest BCUT2D eigenvalue weighted by Gasteiger charge is -1.91. The summed E-state index contributed by atoms with van der Waals surface area (Å²) in [4.78, 5) is 0. The molecule has 2 rings (SSSR count). The highest BCUT2D eigenvalue weighted by molar-refractivity contribution is 5.88. The number of benzene rings is 1. The zero-order chi connectivity index (χ0) is 10.7. The van der Waals surface area contributed by atoms with Gasteiger partial charge in [0.25, 0.3) is 0 Å². The van der Waals surface area contributed by atoms with Gasteiger partial charge in [-0.3, -0.25) is 0 Å². The fraction of sp³-hybridized carbons (Fsp3) is 0.182. The van der Waals surface area contributed by atoms with E-state index in [1.165, 1.54) is 6.21 Å². The molecule has 0 spiro atoms. The second-order valence-electron chi connectivity index (χ2n) is 3.19. The third-order valence-electron chi connectivity index (χ3n) is 2.08. The molecule has 4 heteroatoms. The number of fused-ring (bicyclic) bond motifs is 1. The maximum atomic E-state index is 8.41. The van der Waals surface area contributed by atoms with Crippen LogP contribution in [0.15, 0.2) is 33.8 Å². The van der Waals surface area contributed by atoms with E-state index in [9.17, 15) is 0 Å². The van der Waals surface area contributed by atoms with Crippen molar-refractivity contribution in [3.05, 3.63) is 35.6 Å². The molecule has 1 aromatic heterocycles. The van der Waals surface area contributed by atoms with Crippen LogP contribution < -0.4 is 0 Å². The van der Waals surface area contributed by atoms with Crippen molar-refractivity contribution in [2.45, 2.75) is 6.61 Å². The zero-order valence-corrected chi connectivity index (χ0v) is 8.30. The lowest BCUT2D eigenvalue weighted by molar-refractivity contribution is 0.166. The number of furan rings is 1. The van der Waals surface area contributed by atoms with Gasteiger partial charge in [0.2, 0.25) is 0 Å². The SMILES string of the molecule is COCc1cc2cc(C=NO)ccc2o1. The van der Waals surface area contributed by atoms with E-state index in [2.05, 4.69) is 5.16 Å². The van der Waals surface area contributed by atoms with E-state index in [4.69, 9.17) is 14.4 Å². The molecule has 4 nitrogen and oxygen atoms in total. The zero-order valence-electron chi connectivity index (χ0n) is 8.30. The van der Waals surface area contributed by atoms with Crippen molar-refractivity contribution in [2.24, 2.45) is 5.16 Å². The van der Waals surface area contributed by atoms with Crippen LogP contribution in [-0.4, -0.2) is 18.5 Å². The molecule has 0 fully saturated rings. The van der Waals surface area contributed by atoms with Crippen molar-refractivity contribution in [2.75, 3.05) is 7.11 Å². The van der Waals surface area contributed by atoms with Crippen molar-refractivity contribution in [1.29, 1.82) is 0 Å². The van der Waals surface area contributed by atoms with Crippen molar-refractivity contribution >= 4 is 17.2 Å². The summed E-state index contributed by atoms with van der Waals surface area (Å²) in [5.74, 6) is 0.783. The number of methoxy groups -OCH3 is 1. The van der Waals surface area contributed by atoms with Crippen molar-refractivity contribution < 1.29 is 14.4 Å². The van der Waals surface area contributed by atoms with Crippen LogP contribution in [0.5, 0.6) is 0 Å². The number of oxime groups is 1. The topological polar surface area (TPSA) is 55.0 Å². The van der Waals surface area contributed by atoms with Crippen LogP contribution in [0.1, 0.15) is 11.3 Å². The molecule has 0 bridgehead atoms. The Kier molecular flexibility index (Phi) is 2.69. The fourth-order valence-corrected chi connectivity index (χ4v) is 1.48. The Hall–Kier alpha value is -1.81. The molecular formula is C11H11NO3. The molecule has 1 aromatic carbocycles. The lowest BCUT2D eigenvalue weighted by atomic mass is 10.2. The van der Waals surface area contributed by atoms with Crippen LogP contribution in [0.3, 0.4) is 0 Å². The Morgan fingerprint density at radius 3 is 3.07 bits per heavy atom. The molecule has 2 aromatic rings. The van der Waals surface area contributed by atoms with E-state index in [1.54, 1.807) is 7.11 Å². The third kappa shape index (κ3) is 1.99. The summed E-state index contributed by atoms with van der Waals surface area (Å²) < 4.78 is 10.5. The third-order valence-corrected chi connectivity index (χ3v) is 2.08. The average molecular weight is 205 g/mol. The second kappa shape index (κ2) is 4.14. The first-order valence-electron chi connectivity index (χ1n) is 4.52. The van der Waals surface area contributed by atoms with Crippen LogP contribution >= 0.6 is 0 Å². The minimum absolute atomic E-state index is 0.456. The van der Waals surface area contributed by atoms with Crippen molar-refractivity contribution in [1.82, 2.24) is 0 Å². The first-order valence-corrected chi connectivity index (χ1v) is 4.52. The Labute approximate surface area is 86.8 Å².